The van der Waals surface area contributed by atoms with Gasteiger partial charge in [-0.25, -0.2) is 0 Å². The van der Waals surface area contributed by atoms with Gasteiger partial charge in [-0.15, -0.1) is 0 Å². The molecule has 1 atom stereocenters. The van der Waals surface area contributed by atoms with Gasteiger partial charge in [0.1, 0.15) is 18.5 Å². The lowest BCUT2D eigenvalue weighted by atomic mass is 10.3. The lowest BCUT2D eigenvalue weighted by Gasteiger charge is -2.22. The quantitative estimate of drug-likeness (QED) is 0.786. The lowest BCUT2D eigenvalue weighted by molar-refractivity contribution is -0.134. The molecule has 2 N–H and O–H groups in total. The summed E-state index contributed by atoms with van der Waals surface area (Å²) in [5.74, 6) is 0.583. The molecule has 1 saturated heterocycles. The summed E-state index contributed by atoms with van der Waals surface area (Å²) in [6.45, 7) is 2.75. The van der Waals surface area contributed by atoms with Crippen LogP contribution in [0.2, 0.25) is 5.02 Å². The highest BCUT2D eigenvalue weighted by Gasteiger charge is 2.20. The van der Waals surface area contributed by atoms with E-state index < -0.39 is 6.10 Å². The predicted octanol–water partition coefficient (Wildman–Crippen LogP) is 0.823. The Morgan fingerprint density at radius 2 is 2.47 bits per heavy atom. The SMILES string of the molecule is O=C(NCCOc1cccc(Cl)c1)C1CNCCO1. The van der Waals surface area contributed by atoms with E-state index in [1.807, 2.05) is 12.1 Å². The summed E-state index contributed by atoms with van der Waals surface area (Å²) in [7, 11) is 0. The van der Waals surface area contributed by atoms with E-state index in [2.05, 4.69) is 10.6 Å². The molecule has 0 bridgehead atoms. The number of carbonyl (C=O) groups excluding carboxylic acids is 1. The monoisotopic (exact) mass is 284 g/mol. The van der Waals surface area contributed by atoms with Gasteiger partial charge in [-0.3, -0.25) is 4.79 Å². The Morgan fingerprint density at radius 3 is 3.21 bits per heavy atom. The molecule has 6 heteroatoms. The van der Waals surface area contributed by atoms with Crippen molar-refractivity contribution < 1.29 is 14.3 Å². The molecule has 0 radical (unpaired) electrons. The van der Waals surface area contributed by atoms with Crippen molar-refractivity contribution in [2.45, 2.75) is 6.10 Å². The van der Waals surface area contributed by atoms with E-state index in [1.165, 1.54) is 0 Å². The van der Waals surface area contributed by atoms with Crippen LogP contribution >= 0.6 is 11.6 Å². The minimum Gasteiger partial charge on any atom is -0.492 e. The highest BCUT2D eigenvalue weighted by Crippen LogP contribution is 2.16. The zero-order valence-corrected chi connectivity index (χ0v) is 11.3. The van der Waals surface area contributed by atoms with Gasteiger partial charge in [0.25, 0.3) is 5.91 Å². The molecule has 0 aromatic heterocycles. The summed E-state index contributed by atoms with van der Waals surface area (Å²) in [4.78, 5) is 11.7. The zero-order chi connectivity index (χ0) is 13.5. The predicted molar refractivity (Wildman–Crippen MR) is 72.6 cm³/mol. The van der Waals surface area contributed by atoms with E-state index in [1.54, 1.807) is 12.1 Å². The van der Waals surface area contributed by atoms with Crippen molar-refractivity contribution >= 4 is 17.5 Å². The molecule has 5 nitrogen and oxygen atoms in total. The number of hydrogen-bond donors (Lipinski definition) is 2. The van der Waals surface area contributed by atoms with Crippen LogP contribution in [0.1, 0.15) is 0 Å². The van der Waals surface area contributed by atoms with E-state index in [9.17, 15) is 4.79 Å². The van der Waals surface area contributed by atoms with Crippen molar-refractivity contribution in [1.29, 1.82) is 0 Å². The van der Waals surface area contributed by atoms with Crippen LogP contribution in [0.5, 0.6) is 5.75 Å². The van der Waals surface area contributed by atoms with Crippen LogP contribution < -0.4 is 15.4 Å². The van der Waals surface area contributed by atoms with Gasteiger partial charge in [-0.1, -0.05) is 17.7 Å². The first-order chi connectivity index (χ1) is 9.25. The Kier molecular flexibility index (Phi) is 5.44. The van der Waals surface area contributed by atoms with Crippen LogP contribution in [0.4, 0.5) is 0 Å². The van der Waals surface area contributed by atoms with E-state index in [0.29, 0.717) is 37.1 Å². The fourth-order valence-corrected chi connectivity index (χ4v) is 1.93. The number of nitrogens with one attached hydrogen (secondary N) is 2. The summed E-state index contributed by atoms with van der Waals surface area (Å²) in [5.41, 5.74) is 0. The Labute approximate surface area is 117 Å². The second-order valence-electron chi connectivity index (χ2n) is 4.16. The third kappa shape index (κ3) is 4.70. The van der Waals surface area contributed by atoms with Crippen molar-refractivity contribution in [1.82, 2.24) is 10.6 Å². The minimum atomic E-state index is -0.403. The lowest BCUT2D eigenvalue weighted by Crippen LogP contribution is -2.48. The molecule has 2 rings (SSSR count). The van der Waals surface area contributed by atoms with E-state index >= 15 is 0 Å². The Morgan fingerprint density at radius 1 is 1.58 bits per heavy atom. The molecule has 1 aliphatic rings. The van der Waals surface area contributed by atoms with Gasteiger partial charge in [0, 0.05) is 18.1 Å². The van der Waals surface area contributed by atoms with E-state index in [4.69, 9.17) is 21.1 Å². The number of halogens is 1. The highest BCUT2D eigenvalue weighted by molar-refractivity contribution is 6.30. The van der Waals surface area contributed by atoms with Gasteiger partial charge >= 0.3 is 0 Å². The smallest absolute Gasteiger partial charge is 0.250 e. The normalized spacial score (nSPS) is 18.9. The van der Waals surface area contributed by atoms with Crippen molar-refractivity contribution in [2.75, 3.05) is 32.8 Å². The molecule has 104 valence electrons. The van der Waals surface area contributed by atoms with Gasteiger partial charge in [0.05, 0.1) is 13.2 Å². The molecule has 1 amide bonds. The van der Waals surface area contributed by atoms with Gasteiger partial charge in [0.15, 0.2) is 0 Å². The van der Waals surface area contributed by atoms with Crippen molar-refractivity contribution in [2.24, 2.45) is 0 Å². The largest absolute Gasteiger partial charge is 0.492 e. The van der Waals surface area contributed by atoms with Crippen molar-refractivity contribution in [3.05, 3.63) is 29.3 Å². The average Bonchev–Trinajstić information content (AvgIpc) is 2.44. The molecule has 1 unspecified atom stereocenters. The average molecular weight is 285 g/mol. The number of amides is 1. The van der Waals surface area contributed by atoms with Gasteiger partial charge in [-0.2, -0.15) is 0 Å². The minimum absolute atomic E-state index is 0.109. The molecule has 0 saturated carbocycles. The highest BCUT2D eigenvalue weighted by atomic mass is 35.5. The first kappa shape index (κ1) is 14.1. The summed E-state index contributed by atoms with van der Waals surface area (Å²) < 4.78 is 10.8. The third-order valence-corrected chi connectivity index (χ3v) is 2.92. The number of ether oxygens (including phenoxy) is 2. The molecule has 1 aromatic carbocycles. The van der Waals surface area contributed by atoms with Gasteiger partial charge in [-0.05, 0) is 18.2 Å². The molecular formula is C13H17ClN2O3. The molecular weight excluding hydrogens is 268 g/mol. The third-order valence-electron chi connectivity index (χ3n) is 2.69. The van der Waals surface area contributed by atoms with Crippen molar-refractivity contribution in [3.8, 4) is 5.75 Å². The second kappa shape index (κ2) is 7.33. The Bertz CT molecular complexity index is 422. The first-order valence-electron chi connectivity index (χ1n) is 6.24. The van der Waals surface area contributed by atoms with Crippen LogP contribution in [0.3, 0.4) is 0 Å². The molecule has 1 heterocycles. The molecule has 0 aliphatic carbocycles. The molecule has 0 spiro atoms. The summed E-state index contributed by atoms with van der Waals surface area (Å²) in [6.07, 6.45) is -0.403. The molecule has 1 fully saturated rings. The molecule has 1 aliphatic heterocycles. The van der Waals surface area contributed by atoms with Crippen LogP contribution in [-0.2, 0) is 9.53 Å². The topological polar surface area (TPSA) is 59.6 Å². The number of morpholine rings is 1. The number of rotatable bonds is 5. The molecule has 19 heavy (non-hydrogen) atoms. The second-order valence-corrected chi connectivity index (χ2v) is 4.60. The van der Waals surface area contributed by atoms with Gasteiger partial charge in [0.2, 0.25) is 0 Å². The fraction of sp³-hybridized carbons (Fsp3) is 0.462. The Balaban J connectivity index is 1.65. The van der Waals surface area contributed by atoms with Crippen molar-refractivity contribution in [3.63, 3.8) is 0 Å². The van der Waals surface area contributed by atoms with Crippen LogP contribution in [0.15, 0.2) is 24.3 Å². The first-order valence-corrected chi connectivity index (χ1v) is 6.62. The molecule has 1 aromatic rings. The maximum absolute atomic E-state index is 11.7. The maximum Gasteiger partial charge on any atom is 0.250 e. The summed E-state index contributed by atoms with van der Waals surface area (Å²) >= 11 is 5.84. The fourth-order valence-electron chi connectivity index (χ4n) is 1.75. The number of carbonyl (C=O) groups is 1. The number of hydrogen-bond acceptors (Lipinski definition) is 4. The van der Waals surface area contributed by atoms with Crippen LogP contribution in [-0.4, -0.2) is 44.9 Å². The maximum atomic E-state index is 11.7. The van der Waals surface area contributed by atoms with E-state index in [-0.39, 0.29) is 5.91 Å². The van der Waals surface area contributed by atoms with Crippen LogP contribution in [0.25, 0.3) is 0 Å². The van der Waals surface area contributed by atoms with E-state index in [0.717, 1.165) is 6.54 Å². The zero-order valence-electron chi connectivity index (χ0n) is 10.5. The summed E-state index contributed by atoms with van der Waals surface area (Å²) in [5, 5.41) is 6.51. The van der Waals surface area contributed by atoms with Gasteiger partial charge < -0.3 is 20.1 Å². The standard InChI is InChI=1S/C13H17ClN2O3/c14-10-2-1-3-11(8-10)18-7-5-16-13(17)12-9-15-4-6-19-12/h1-3,8,12,15H,4-7,9H2,(H,16,17). The Hall–Kier alpha value is -1.30. The number of benzene rings is 1. The summed E-state index contributed by atoms with van der Waals surface area (Å²) in [6, 6.07) is 7.15. The van der Waals surface area contributed by atoms with Crippen LogP contribution in [0, 0.1) is 0 Å².